The molecule has 3 rings (SSSR count). The molecule has 9 nitrogen and oxygen atoms in total. The van der Waals surface area contributed by atoms with Crippen LogP contribution in [0.3, 0.4) is 0 Å². The van der Waals surface area contributed by atoms with Crippen molar-refractivity contribution in [3.63, 3.8) is 0 Å². The number of amides is 1. The molecular weight excluding hydrogens is 292 g/mol. The van der Waals surface area contributed by atoms with Gasteiger partial charge in [-0.05, 0) is 24.7 Å². The minimum atomic E-state index is -0.978. The highest BCUT2D eigenvalue weighted by Crippen LogP contribution is 2.42. The molecule has 3 unspecified atom stereocenters. The number of carboxylic acid groups (broad SMARTS) is 1. The van der Waals surface area contributed by atoms with Crippen LogP contribution in [0.25, 0.3) is 0 Å². The monoisotopic (exact) mass is 308 g/mol. The molecule has 1 aliphatic heterocycles. The Morgan fingerprint density at radius 1 is 1.45 bits per heavy atom. The van der Waals surface area contributed by atoms with Gasteiger partial charge in [0.1, 0.15) is 25.0 Å². The minimum Gasteiger partial charge on any atom is -0.480 e. The summed E-state index contributed by atoms with van der Waals surface area (Å²) in [6.07, 6.45) is 5.03. The summed E-state index contributed by atoms with van der Waals surface area (Å²) in [6, 6.07) is -0.787. The summed E-state index contributed by atoms with van der Waals surface area (Å²) in [6.45, 7) is 0.265. The highest BCUT2D eigenvalue weighted by molar-refractivity contribution is 5.84. The molecule has 1 N–H and O–H groups in total. The largest absolute Gasteiger partial charge is 0.480 e. The number of fused-ring (bicyclic) bond motifs is 1. The number of carbonyl (C=O) groups is 2. The van der Waals surface area contributed by atoms with Crippen LogP contribution in [0.1, 0.15) is 19.3 Å². The average molecular weight is 308 g/mol. The van der Waals surface area contributed by atoms with Gasteiger partial charge in [0.25, 0.3) is 0 Å². The smallest absolute Gasteiger partial charge is 0.326 e. The van der Waals surface area contributed by atoms with Gasteiger partial charge in [-0.1, -0.05) is 6.42 Å². The highest BCUT2D eigenvalue weighted by Gasteiger charge is 2.49. The second-order valence-electron chi connectivity index (χ2n) is 5.84. The van der Waals surface area contributed by atoms with Crippen molar-refractivity contribution in [1.29, 1.82) is 0 Å². The third-order valence-corrected chi connectivity index (χ3v) is 4.59. The molecule has 1 saturated heterocycles. The van der Waals surface area contributed by atoms with Gasteiger partial charge in [-0.2, -0.15) is 5.10 Å². The molecule has 22 heavy (non-hydrogen) atoms. The number of rotatable bonds is 4. The Morgan fingerprint density at radius 3 is 2.86 bits per heavy atom. The predicted molar refractivity (Wildman–Crippen MR) is 72.8 cm³/mol. The van der Waals surface area contributed by atoms with Gasteiger partial charge in [-0.3, -0.25) is 19.6 Å². The fraction of sp³-hybridized carbons (Fsp3) is 0.615. The normalized spacial score (nSPS) is 26.9. The zero-order valence-corrected chi connectivity index (χ0v) is 11.8. The molecule has 9 heteroatoms. The van der Waals surface area contributed by atoms with E-state index in [4.69, 9.17) is 0 Å². The number of hydrogen-bond donors (Lipinski definition) is 1. The van der Waals surface area contributed by atoms with Crippen LogP contribution in [0.15, 0.2) is 12.4 Å². The molecule has 0 bridgehead atoms. The van der Waals surface area contributed by atoms with E-state index in [9.17, 15) is 24.8 Å². The summed E-state index contributed by atoms with van der Waals surface area (Å²) in [5.41, 5.74) is -0.194. The first-order valence-corrected chi connectivity index (χ1v) is 7.16. The maximum atomic E-state index is 12.4. The molecule has 1 amide bonds. The Labute approximate surface area is 125 Å². The second-order valence-corrected chi connectivity index (χ2v) is 5.84. The Hall–Kier alpha value is -2.45. The molecule has 1 aromatic heterocycles. The molecule has 0 spiro atoms. The molecule has 0 aromatic carbocycles. The summed E-state index contributed by atoms with van der Waals surface area (Å²) in [5, 5.41) is 23.8. The highest BCUT2D eigenvalue weighted by atomic mass is 16.6. The van der Waals surface area contributed by atoms with Crippen molar-refractivity contribution in [3.8, 4) is 0 Å². The first kappa shape index (κ1) is 14.5. The number of carbonyl (C=O) groups excluding carboxylic acids is 1. The maximum absolute atomic E-state index is 12.4. The average Bonchev–Trinajstić information content (AvgIpc) is 3.11. The zero-order valence-electron chi connectivity index (χ0n) is 11.8. The van der Waals surface area contributed by atoms with Crippen molar-refractivity contribution in [2.75, 3.05) is 6.54 Å². The molecule has 118 valence electrons. The van der Waals surface area contributed by atoms with E-state index in [0.29, 0.717) is 6.54 Å². The lowest BCUT2D eigenvalue weighted by atomic mass is 9.94. The van der Waals surface area contributed by atoms with Crippen LogP contribution in [0, 0.1) is 22.0 Å². The van der Waals surface area contributed by atoms with E-state index in [1.54, 1.807) is 0 Å². The maximum Gasteiger partial charge on any atom is 0.326 e. The van der Waals surface area contributed by atoms with Crippen LogP contribution in [0.2, 0.25) is 0 Å². The lowest BCUT2D eigenvalue weighted by Gasteiger charge is -2.24. The molecule has 3 atom stereocenters. The van der Waals surface area contributed by atoms with E-state index in [-0.39, 0.29) is 30.0 Å². The van der Waals surface area contributed by atoms with Crippen LogP contribution < -0.4 is 0 Å². The summed E-state index contributed by atoms with van der Waals surface area (Å²) in [7, 11) is 0. The Bertz CT molecular complexity index is 628. The van der Waals surface area contributed by atoms with E-state index in [2.05, 4.69) is 5.10 Å². The van der Waals surface area contributed by atoms with Crippen molar-refractivity contribution in [2.24, 2.45) is 11.8 Å². The number of aliphatic carboxylic acids is 1. The minimum absolute atomic E-state index is 0.0217. The zero-order chi connectivity index (χ0) is 15.9. The van der Waals surface area contributed by atoms with Gasteiger partial charge in [0.15, 0.2) is 0 Å². The van der Waals surface area contributed by atoms with Crippen molar-refractivity contribution in [1.82, 2.24) is 14.7 Å². The lowest BCUT2D eigenvalue weighted by molar-refractivity contribution is -0.385. The molecule has 2 aliphatic rings. The van der Waals surface area contributed by atoms with Gasteiger partial charge in [0, 0.05) is 6.54 Å². The number of nitrogens with zero attached hydrogens (tertiary/aromatic N) is 4. The van der Waals surface area contributed by atoms with Crippen molar-refractivity contribution >= 4 is 17.6 Å². The number of hydrogen-bond acceptors (Lipinski definition) is 5. The van der Waals surface area contributed by atoms with Crippen molar-refractivity contribution < 1.29 is 19.6 Å². The number of nitro groups is 1. The number of likely N-dealkylation sites (tertiary alicyclic amines) is 1. The molecule has 1 aliphatic carbocycles. The third-order valence-electron chi connectivity index (χ3n) is 4.59. The van der Waals surface area contributed by atoms with E-state index < -0.39 is 16.9 Å². The van der Waals surface area contributed by atoms with Gasteiger partial charge >= 0.3 is 11.7 Å². The van der Waals surface area contributed by atoms with Crippen LogP contribution in [0.5, 0.6) is 0 Å². The van der Waals surface area contributed by atoms with Crippen LogP contribution in [-0.4, -0.2) is 49.2 Å². The van der Waals surface area contributed by atoms with E-state index in [0.717, 1.165) is 25.5 Å². The van der Waals surface area contributed by atoms with Crippen LogP contribution >= 0.6 is 0 Å². The Morgan fingerprint density at radius 2 is 2.23 bits per heavy atom. The van der Waals surface area contributed by atoms with Crippen molar-refractivity contribution in [2.45, 2.75) is 31.8 Å². The quantitative estimate of drug-likeness (QED) is 0.639. The third kappa shape index (κ3) is 2.42. The summed E-state index contributed by atoms with van der Waals surface area (Å²) < 4.78 is 1.17. The van der Waals surface area contributed by atoms with Gasteiger partial charge in [-0.25, -0.2) is 4.79 Å². The second kappa shape index (κ2) is 5.39. The van der Waals surface area contributed by atoms with E-state index >= 15 is 0 Å². The number of carboxylic acids is 1. The molecule has 0 radical (unpaired) electrons. The molecule has 2 fully saturated rings. The topological polar surface area (TPSA) is 119 Å². The first-order valence-electron chi connectivity index (χ1n) is 7.16. The van der Waals surface area contributed by atoms with E-state index in [1.807, 2.05) is 0 Å². The fourth-order valence-electron chi connectivity index (χ4n) is 3.64. The lowest BCUT2D eigenvalue weighted by Crippen LogP contribution is -2.44. The standard InChI is InChI=1S/C13H16N4O5/c18-11(7-15-6-9(4-14-15)17(21)22)16-5-8-2-1-3-10(8)12(16)13(19)20/h4,6,8,10,12H,1-3,5,7H2,(H,19,20). The fourth-order valence-corrected chi connectivity index (χ4v) is 3.64. The first-order chi connectivity index (χ1) is 10.5. The van der Waals surface area contributed by atoms with Crippen molar-refractivity contribution in [3.05, 3.63) is 22.5 Å². The SMILES string of the molecule is O=C(O)C1C2CCCC2CN1C(=O)Cn1cc([N+](=O)[O-])cn1. The summed E-state index contributed by atoms with van der Waals surface area (Å²) in [5.74, 6) is -1.07. The van der Waals surface area contributed by atoms with Crippen LogP contribution in [-0.2, 0) is 16.1 Å². The molecule has 1 saturated carbocycles. The van der Waals surface area contributed by atoms with Gasteiger partial charge in [0.05, 0.1) is 4.92 Å². The van der Waals surface area contributed by atoms with Gasteiger partial charge < -0.3 is 10.0 Å². The Balaban J connectivity index is 1.73. The number of aromatic nitrogens is 2. The molecular formula is C13H16N4O5. The van der Waals surface area contributed by atoms with Crippen LogP contribution in [0.4, 0.5) is 5.69 Å². The summed E-state index contributed by atoms with van der Waals surface area (Å²) in [4.78, 5) is 35.3. The Kier molecular flexibility index (Phi) is 3.55. The molecule has 2 heterocycles. The predicted octanol–water partition coefficient (Wildman–Crippen LogP) is 0.503. The molecule has 1 aromatic rings. The van der Waals surface area contributed by atoms with Gasteiger partial charge in [0.2, 0.25) is 5.91 Å². The summed E-state index contributed by atoms with van der Waals surface area (Å²) >= 11 is 0. The van der Waals surface area contributed by atoms with E-state index in [1.165, 1.54) is 15.8 Å². The van der Waals surface area contributed by atoms with Gasteiger partial charge in [-0.15, -0.1) is 0 Å².